The fourth-order valence-electron chi connectivity index (χ4n) is 2.86. The molecule has 0 aliphatic rings. The van der Waals surface area contributed by atoms with Crippen LogP contribution in [0.25, 0.3) is 10.2 Å². The van der Waals surface area contributed by atoms with Gasteiger partial charge in [-0.05, 0) is 65.9 Å². The number of amides is 1. The number of nitrogens with zero attached hydrogens (tertiary/aromatic N) is 2. The summed E-state index contributed by atoms with van der Waals surface area (Å²) in [4.78, 5) is 19.8. The van der Waals surface area contributed by atoms with E-state index in [2.05, 4.69) is 22.6 Å². The van der Waals surface area contributed by atoms with Gasteiger partial charge in [-0.3, -0.25) is 9.69 Å². The van der Waals surface area contributed by atoms with Crippen LogP contribution in [0.3, 0.4) is 0 Å². The molecule has 28 heavy (non-hydrogen) atoms. The normalized spacial score (nSPS) is 10.9. The molecule has 0 saturated carbocycles. The minimum atomic E-state index is -0.113. The van der Waals surface area contributed by atoms with E-state index < -0.39 is 0 Å². The van der Waals surface area contributed by atoms with Crippen molar-refractivity contribution < 1.29 is 13.9 Å². The summed E-state index contributed by atoms with van der Waals surface area (Å²) >= 11 is 3.65. The Morgan fingerprint density at radius 1 is 1.18 bits per heavy atom. The van der Waals surface area contributed by atoms with E-state index >= 15 is 0 Å². The first kappa shape index (κ1) is 18.9. The number of ether oxygens (including phenoxy) is 1. The zero-order chi connectivity index (χ0) is 19.5. The lowest BCUT2D eigenvalue weighted by Crippen LogP contribution is -2.30. The highest BCUT2D eigenvalue weighted by molar-refractivity contribution is 14.1. The smallest absolute Gasteiger partial charge is 0.261 e. The maximum Gasteiger partial charge on any atom is 0.261 e. The Bertz CT molecular complexity index is 1110. The van der Waals surface area contributed by atoms with E-state index in [0.717, 1.165) is 19.5 Å². The van der Waals surface area contributed by atoms with E-state index in [1.54, 1.807) is 11.2 Å². The average Bonchev–Trinajstić information content (AvgIpc) is 3.36. The van der Waals surface area contributed by atoms with Crippen molar-refractivity contribution in [3.05, 3.63) is 75.8 Å². The Balaban J connectivity index is 1.79. The highest BCUT2D eigenvalue weighted by Crippen LogP contribution is 2.35. The summed E-state index contributed by atoms with van der Waals surface area (Å²) in [6, 6.07) is 17.0. The molecule has 142 valence electrons. The largest absolute Gasteiger partial charge is 0.492 e. The van der Waals surface area contributed by atoms with Crippen molar-refractivity contribution in [3.63, 3.8) is 0 Å². The van der Waals surface area contributed by atoms with E-state index in [4.69, 9.17) is 14.1 Å². The van der Waals surface area contributed by atoms with Crippen LogP contribution in [-0.2, 0) is 6.54 Å². The monoisotopic (exact) mass is 504 g/mol. The number of hydrogen-bond acceptors (Lipinski definition) is 5. The van der Waals surface area contributed by atoms with Crippen molar-refractivity contribution in [1.82, 2.24) is 4.98 Å². The molecule has 0 fully saturated rings. The van der Waals surface area contributed by atoms with Crippen molar-refractivity contribution in [1.29, 1.82) is 0 Å². The Morgan fingerprint density at radius 3 is 2.79 bits per heavy atom. The first-order valence-corrected chi connectivity index (χ1v) is 10.7. The SMILES string of the molecule is CCOc1cccc2sc(N(Cc3ccco3)C(=O)c3ccccc3I)nc12. The van der Waals surface area contributed by atoms with Crippen LogP contribution in [-0.4, -0.2) is 17.5 Å². The van der Waals surface area contributed by atoms with Crippen LogP contribution in [0.1, 0.15) is 23.0 Å². The molecule has 5 nitrogen and oxygen atoms in total. The molecule has 0 bridgehead atoms. The number of halogens is 1. The van der Waals surface area contributed by atoms with Gasteiger partial charge >= 0.3 is 0 Å². The molecule has 0 spiro atoms. The molecule has 4 aromatic rings. The number of furan rings is 1. The van der Waals surface area contributed by atoms with Crippen molar-refractivity contribution >= 4 is 55.2 Å². The summed E-state index contributed by atoms with van der Waals surface area (Å²) in [6.07, 6.45) is 1.61. The van der Waals surface area contributed by atoms with Crippen LogP contribution in [0.4, 0.5) is 5.13 Å². The highest BCUT2D eigenvalue weighted by atomic mass is 127. The number of carbonyl (C=O) groups excluding carboxylic acids is 1. The molecule has 0 atom stereocenters. The highest BCUT2D eigenvalue weighted by Gasteiger charge is 2.24. The Hall–Kier alpha value is -2.39. The third-order valence-corrected chi connectivity index (χ3v) is 6.13. The standard InChI is InChI=1S/C21H17IN2O3S/c1-2-26-17-10-5-11-18-19(17)23-21(28-18)24(13-14-7-6-12-27-14)20(25)15-8-3-4-9-16(15)22/h3-12H,2,13H2,1H3. The number of carbonyl (C=O) groups is 1. The summed E-state index contributed by atoms with van der Waals surface area (Å²) in [5.41, 5.74) is 1.41. The number of para-hydroxylation sites is 1. The third kappa shape index (κ3) is 3.77. The molecule has 7 heteroatoms. The zero-order valence-electron chi connectivity index (χ0n) is 15.1. The van der Waals surface area contributed by atoms with Gasteiger partial charge in [0, 0.05) is 3.57 Å². The lowest BCUT2D eigenvalue weighted by molar-refractivity contribution is 0.0982. The van der Waals surface area contributed by atoms with Crippen molar-refractivity contribution in [3.8, 4) is 5.75 Å². The maximum absolute atomic E-state index is 13.4. The van der Waals surface area contributed by atoms with E-state index in [0.29, 0.717) is 29.6 Å². The molecule has 4 rings (SSSR count). The summed E-state index contributed by atoms with van der Waals surface area (Å²) in [6.45, 7) is 2.81. The van der Waals surface area contributed by atoms with Crippen molar-refractivity contribution in [2.45, 2.75) is 13.5 Å². The fraction of sp³-hybridized carbons (Fsp3) is 0.143. The number of rotatable bonds is 6. The second kappa shape index (κ2) is 8.32. The lowest BCUT2D eigenvalue weighted by Gasteiger charge is -2.19. The maximum atomic E-state index is 13.4. The lowest BCUT2D eigenvalue weighted by atomic mass is 10.2. The minimum absolute atomic E-state index is 0.113. The molecule has 2 heterocycles. The molecule has 0 N–H and O–H groups in total. The van der Waals surface area contributed by atoms with Crippen molar-refractivity contribution in [2.24, 2.45) is 0 Å². The van der Waals surface area contributed by atoms with Gasteiger partial charge in [0.15, 0.2) is 5.13 Å². The van der Waals surface area contributed by atoms with E-state index in [1.807, 2.05) is 61.5 Å². The first-order chi connectivity index (χ1) is 13.7. The topological polar surface area (TPSA) is 55.6 Å². The first-order valence-electron chi connectivity index (χ1n) is 8.78. The van der Waals surface area contributed by atoms with E-state index in [-0.39, 0.29) is 5.91 Å². The van der Waals surface area contributed by atoms with Gasteiger partial charge in [0.05, 0.1) is 29.7 Å². The number of fused-ring (bicyclic) bond motifs is 1. The van der Waals surface area contributed by atoms with Gasteiger partial charge in [-0.2, -0.15) is 0 Å². The summed E-state index contributed by atoms with van der Waals surface area (Å²) in [7, 11) is 0. The molecule has 0 saturated heterocycles. The summed E-state index contributed by atoms with van der Waals surface area (Å²) < 4.78 is 13.1. The molecule has 0 aliphatic heterocycles. The van der Waals surface area contributed by atoms with Gasteiger partial charge in [-0.1, -0.05) is 29.5 Å². The van der Waals surface area contributed by atoms with E-state index in [1.165, 1.54) is 11.3 Å². The molecule has 2 aromatic heterocycles. The molecule has 0 radical (unpaired) electrons. The average molecular weight is 504 g/mol. The van der Waals surface area contributed by atoms with E-state index in [9.17, 15) is 4.79 Å². The van der Waals surface area contributed by atoms with Crippen LogP contribution in [0.2, 0.25) is 0 Å². The number of thiazole rings is 1. The van der Waals surface area contributed by atoms with Crippen LogP contribution < -0.4 is 9.64 Å². The Labute approximate surface area is 180 Å². The van der Waals surface area contributed by atoms with Crippen LogP contribution in [0.5, 0.6) is 5.75 Å². The Morgan fingerprint density at radius 2 is 2.04 bits per heavy atom. The van der Waals surface area contributed by atoms with Crippen LogP contribution in [0.15, 0.2) is 65.3 Å². The molecule has 0 aliphatic carbocycles. The van der Waals surface area contributed by atoms with Gasteiger partial charge in [0.1, 0.15) is 17.0 Å². The third-order valence-electron chi connectivity index (χ3n) is 4.14. The van der Waals surface area contributed by atoms with Gasteiger partial charge < -0.3 is 9.15 Å². The van der Waals surface area contributed by atoms with Gasteiger partial charge in [-0.15, -0.1) is 0 Å². The van der Waals surface area contributed by atoms with Crippen molar-refractivity contribution in [2.75, 3.05) is 11.5 Å². The predicted octanol–water partition coefficient (Wildman–Crippen LogP) is 5.74. The zero-order valence-corrected chi connectivity index (χ0v) is 18.1. The summed E-state index contributed by atoms with van der Waals surface area (Å²) in [5.74, 6) is 1.31. The molecule has 0 unspecified atom stereocenters. The molecular weight excluding hydrogens is 487 g/mol. The molecule has 1 amide bonds. The molecule has 2 aromatic carbocycles. The number of aromatic nitrogens is 1. The second-order valence-electron chi connectivity index (χ2n) is 5.98. The number of anilines is 1. The number of benzene rings is 2. The Kier molecular flexibility index (Phi) is 5.63. The van der Waals surface area contributed by atoms with Crippen LogP contribution in [0, 0.1) is 3.57 Å². The predicted molar refractivity (Wildman–Crippen MR) is 119 cm³/mol. The minimum Gasteiger partial charge on any atom is -0.492 e. The van der Waals surface area contributed by atoms with Gasteiger partial charge in [0.2, 0.25) is 0 Å². The number of hydrogen-bond donors (Lipinski definition) is 0. The van der Waals surface area contributed by atoms with Gasteiger partial charge in [0.25, 0.3) is 5.91 Å². The summed E-state index contributed by atoms with van der Waals surface area (Å²) in [5, 5.41) is 0.614. The quantitative estimate of drug-likeness (QED) is 0.315. The van der Waals surface area contributed by atoms with Gasteiger partial charge in [-0.25, -0.2) is 4.98 Å². The molecular formula is C21H17IN2O3S. The van der Waals surface area contributed by atoms with Crippen LogP contribution >= 0.6 is 33.9 Å². The second-order valence-corrected chi connectivity index (χ2v) is 8.15. The fourth-order valence-corrected chi connectivity index (χ4v) is 4.46.